The SMILES string of the molecule is C=C(C)[C@@H]1CC[C@]2(NCCN3CCS(=O)(=O)CC3)CC[C@@](C)([C@]3(C)CC[C@H]4C(C)(C)C(C5=CCC(COc6cccnn6)(C(=O)O)CC5)=CC[C@]4(C)[C@H]3CCC)C[C@@H]12. The number of aromatic nitrogens is 2. The van der Waals surface area contributed by atoms with Crippen LogP contribution >= 0.6 is 0 Å². The van der Waals surface area contributed by atoms with E-state index in [1.54, 1.807) is 18.3 Å². The second kappa shape index (κ2) is 16.0. The first-order chi connectivity index (χ1) is 27.3. The Balaban J connectivity index is 1.10. The summed E-state index contributed by atoms with van der Waals surface area (Å²) >= 11 is 0. The molecule has 0 spiro atoms. The van der Waals surface area contributed by atoms with E-state index in [0.717, 1.165) is 25.9 Å². The number of rotatable bonds is 13. The molecule has 1 aromatic rings. The van der Waals surface area contributed by atoms with Crippen molar-refractivity contribution in [1.29, 1.82) is 0 Å². The maximum atomic E-state index is 12.7. The summed E-state index contributed by atoms with van der Waals surface area (Å²) < 4.78 is 30.0. The topological polar surface area (TPSA) is 122 Å². The molecular weight excluding hydrogens is 745 g/mol. The summed E-state index contributed by atoms with van der Waals surface area (Å²) in [5.74, 6) is 2.38. The lowest BCUT2D eigenvalue weighted by atomic mass is 9.37. The van der Waals surface area contributed by atoms with E-state index in [1.165, 1.54) is 74.5 Å². The summed E-state index contributed by atoms with van der Waals surface area (Å²) in [6, 6.07) is 3.48. The number of hydrogen-bond donors (Lipinski definition) is 2. The van der Waals surface area contributed by atoms with Crippen LogP contribution in [-0.4, -0.2) is 84.4 Å². The number of hydrogen-bond acceptors (Lipinski definition) is 8. The quantitative estimate of drug-likeness (QED) is 0.188. The number of sulfone groups is 1. The first-order valence-electron chi connectivity index (χ1n) is 22.7. The summed E-state index contributed by atoms with van der Waals surface area (Å²) in [4.78, 5) is 15.1. The van der Waals surface area contributed by atoms with Crippen molar-refractivity contribution in [2.75, 3.05) is 44.3 Å². The van der Waals surface area contributed by atoms with Gasteiger partial charge in [0.15, 0.2) is 9.84 Å². The van der Waals surface area contributed by atoms with Crippen LogP contribution in [0, 0.1) is 50.7 Å². The summed E-state index contributed by atoms with van der Waals surface area (Å²) in [7, 11) is -2.88. The van der Waals surface area contributed by atoms with Crippen LogP contribution in [0.3, 0.4) is 0 Å². The molecule has 322 valence electrons. The van der Waals surface area contributed by atoms with E-state index in [0.29, 0.717) is 55.5 Å². The van der Waals surface area contributed by atoms with Crippen LogP contribution in [0.25, 0.3) is 0 Å². The number of carboxylic acid groups (broad SMARTS) is 1. The minimum atomic E-state index is -2.88. The third-order valence-corrected chi connectivity index (χ3v) is 19.5. The van der Waals surface area contributed by atoms with E-state index in [1.807, 2.05) is 0 Å². The van der Waals surface area contributed by atoms with E-state index in [4.69, 9.17) is 4.74 Å². The summed E-state index contributed by atoms with van der Waals surface area (Å²) in [6.45, 7) is 25.5. The van der Waals surface area contributed by atoms with Gasteiger partial charge in [-0.05, 0) is 147 Å². The maximum Gasteiger partial charge on any atom is 0.313 e. The number of nitrogens with one attached hydrogen (secondary N) is 1. The second-order valence-electron chi connectivity index (χ2n) is 21.2. The molecule has 2 N–H and O–H groups in total. The van der Waals surface area contributed by atoms with Gasteiger partial charge in [-0.3, -0.25) is 4.79 Å². The second-order valence-corrected chi connectivity index (χ2v) is 23.5. The zero-order valence-corrected chi connectivity index (χ0v) is 37.7. The number of ether oxygens (including phenoxy) is 1. The highest BCUT2D eigenvalue weighted by Gasteiger charge is 2.65. The molecule has 9 nitrogen and oxygen atoms in total. The molecule has 0 bridgehead atoms. The van der Waals surface area contributed by atoms with Gasteiger partial charge in [-0.2, -0.15) is 5.10 Å². The Morgan fingerprint density at radius 1 is 1.03 bits per heavy atom. The fourth-order valence-corrected chi connectivity index (χ4v) is 15.5. The largest absolute Gasteiger partial charge is 0.481 e. The summed E-state index contributed by atoms with van der Waals surface area (Å²) in [6.07, 6.45) is 20.2. The maximum absolute atomic E-state index is 12.7. The first-order valence-corrected chi connectivity index (χ1v) is 24.5. The van der Waals surface area contributed by atoms with Crippen molar-refractivity contribution in [3.05, 3.63) is 53.8 Å². The normalized spacial score (nSPS) is 39.8. The van der Waals surface area contributed by atoms with E-state index >= 15 is 0 Å². The van der Waals surface area contributed by atoms with E-state index in [2.05, 4.69) is 87.6 Å². The van der Waals surface area contributed by atoms with Gasteiger partial charge in [0.1, 0.15) is 12.0 Å². The van der Waals surface area contributed by atoms with Crippen LogP contribution in [0.5, 0.6) is 5.88 Å². The average Bonchev–Trinajstić information content (AvgIpc) is 3.55. The van der Waals surface area contributed by atoms with Gasteiger partial charge in [-0.15, -0.1) is 5.10 Å². The van der Waals surface area contributed by atoms with Crippen molar-refractivity contribution in [3.63, 3.8) is 0 Å². The zero-order chi connectivity index (χ0) is 41.8. The van der Waals surface area contributed by atoms with E-state index in [-0.39, 0.29) is 45.3 Å². The lowest BCUT2D eigenvalue weighted by molar-refractivity contribution is -0.170. The highest BCUT2D eigenvalue weighted by Crippen LogP contribution is 2.72. The minimum absolute atomic E-state index is 0.0207. The fourth-order valence-electron chi connectivity index (χ4n) is 14.2. The molecule has 6 aliphatic rings. The lowest BCUT2D eigenvalue weighted by Gasteiger charge is -2.68. The molecular formula is C48H74N4O5S. The van der Waals surface area contributed by atoms with Gasteiger partial charge in [0.05, 0.1) is 11.5 Å². The molecule has 5 aliphatic carbocycles. The Morgan fingerprint density at radius 3 is 2.43 bits per heavy atom. The highest BCUT2D eigenvalue weighted by atomic mass is 32.2. The van der Waals surface area contributed by atoms with Crippen LogP contribution < -0.4 is 10.1 Å². The molecule has 1 aliphatic heterocycles. The van der Waals surface area contributed by atoms with Crippen molar-refractivity contribution >= 4 is 15.8 Å². The van der Waals surface area contributed by atoms with Gasteiger partial charge < -0.3 is 20.1 Å². The fraction of sp³-hybridized carbons (Fsp3) is 0.771. The van der Waals surface area contributed by atoms with Crippen molar-refractivity contribution in [2.24, 2.45) is 50.7 Å². The number of fused-ring (bicyclic) bond motifs is 2. The Labute approximate surface area is 350 Å². The third kappa shape index (κ3) is 7.67. The monoisotopic (exact) mass is 819 g/mol. The first kappa shape index (κ1) is 43.5. The molecule has 7 rings (SSSR count). The van der Waals surface area contributed by atoms with Crippen molar-refractivity contribution < 1.29 is 23.1 Å². The van der Waals surface area contributed by atoms with Crippen LogP contribution in [0.2, 0.25) is 0 Å². The standard InChI is InChI=1S/C48H74N4O5S/c1-9-11-40-45(7)18-16-37(35-13-20-47(21-14-35,42(53)54)33-57-41-12-10-25-50-51-41)43(4,5)39(45)17-19-46(40,8)44(6)23-24-48(22-15-36(34(2)3)38(48)32-44)49-26-27-52-28-30-58(55,56)31-29-52/h10,12-13,16,25,36,38-40,49H,2,9,11,14-15,17-24,26-33H2,1,3-8H3,(H,53,54)/t36-,38-,39-,40+,44+,45-,46+,47?,48-/m0/s1. The average molecular weight is 819 g/mol. The number of allylic oxidation sites excluding steroid dienone is 5. The Hall–Kier alpha value is -2.56. The molecule has 10 heteroatoms. The number of carboxylic acids is 1. The molecule has 0 amide bonds. The molecule has 9 atom stereocenters. The predicted octanol–water partition coefficient (Wildman–Crippen LogP) is 9.08. The number of aliphatic carboxylic acids is 1. The van der Waals surface area contributed by atoms with Gasteiger partial charge in [0.2, 0.25) is 5.88 Å². The molecule has 4 fully saturated rings. The minimum Gasteiger partial charge on any atom is -0.481 e. The molecule has 3 saturated carbocycles. The molecule has 0 aromatic carbocycles. The van der Waals surface area contributed by atoms with Crippen molar-refractivity contribution in [1.82, 2.24) is 20.4 Å². The summed E-state index contributed by atoms with van der Waals surface area (Å²) in [5.41, 5.74) is 3.84. The van der Waals surface area contributed by atoms with Gasteiger partial charge in [-0.1, -0.05) is 72.3 Å². The predicted molar refractivity (Wildman–Crippen MR) is 232 cm³/mol. The highest BCUT2D eigenvalue weighted by molar-refractivity contribution is 7.91. The van der Waals surface area contributed by atoms with Crippen LogP contribution in [-0.2, 0) is 14.6 Å². The van der Waals surface area contributed by atoms with Crippen molar-refractivity contribution in [3.8, 4) is 5.88 Å². The molecule has 1 unspecified atom stereocenters. The van der Waals surface area contributed by atoms with Gasteiger partial charge in [0.25, 0.3) is 0 Å². The Morgan fingerprint density at radius 2 is 1.79 bits per heavy atom. The molecule has 2 heterocycles. The number of carbonyl (C=O) groups is 1. The van der Waals surface area contributed by atoms with Crippen LogP contribution in [0.4, 0.5) is 0 Å². The third-order valence-electron chi connectivity index (χ3n) is 17.9. The summed E-state index contributed by atoms with van der Waals surface area (Å²) in [5, 5.41) is 22.5. The van der Waals surface area contributed by atoms with E-state index in [9.17, 15) is 18.3 Å². The molecule has 1 aromatic heterocycles. The Kier molecular flexibility index (Phi) is 12.0. The molecule has 58 heavy (non-hydrogen) atoms. The van der Waals surface area contributed by atoms with E-state index < -0.39 is 21.2 Å². The zero-order valence-electron chi connectivity index (χ0n) is 36.9. The van der Waals surface area contributed by atoms with Gasteiger partial charge in [0, 0.05) is 44.0 Å². The van der Waals surface area contributed by atoms with Crippen LogP contribution in [0.15, 0.2) is 53.8 Å². The van der Waals surface area contributed by atoms with Crippen LogP contribution in [0.1, 0.15) is 132 Å². The smallest absolute Gasteiger partial charge is 0.313 e. The van der Waals surface area contributed by atoms with Gasteiger partial charge in [-0.25, -0.2) is 8.42 Å². The molecule has 1 saturated heterocycles. The number of nitrogens with zero attached hydrogens (tertiary/aromatic N) is 3. The van der Waals surface area contributed by atoms with Crippen molar-refractivity contribution in [2.45, 2.75) is 137 Å². The Bertz CT molecular complexity index is 1870. The van der Waals surface area contributed by atoms with Gasteiger partial charge >= 0.3 is 5.97 Å². The lowest BCUT2D eigenvalue weighted by Crippen LogP contribution is -2.63. The molecule has 0 radical (unpaired) electrons.